The SMILES string of the molecule is Nc1ccc(OCCNC(=O)C2C3CCCCC32)cc1. The lowest BCUT2D eigenvalue weighted by Gasteiger charge is -2.08. The third-order valence-electron chi connectivity index (χ3n) is 4.51. The van der Waals surface area contributed by atoms with Crippen LogP contribution >= 0.6 is 0 Å². The van der Waals surface area contributed by atoms with Crippen LogP contribution in [-0.2, 0) is 4.79 Å². The fourth-order valence-electron chi connectivity index (χ4n) is 3.41. The summed E-state index contributed by atoms with van der Waals surface area (Å²) in [5, 5.41) is 2.99. The van der Waals surface area contributed by atoms with Crippen LogP contribution < -0.4 is 15.8 Å². The highest BCUT2D eigenvalue weighted by Gasteiger charge is 2.54. The Morgan fingerprint density at radius 2 is 1.85 bits per heavy atom. The highest BCUT2D eigenvalue weighted by molar-refractivity contribution is 5.82. The molecule has 0 radical (unpaired) electrons. The van der Waals surface area contributed by atoms with Crippen molar-refractivity contribution in [2.75, 3.05) is 18.9 Å². The van der Waals surface area contributed by atoms with Crippen molar-refractivity contribution in [3.63, 3.8) is 0 Å². The first kappa shape index (κ1) is 13.3. The fourth-order valence-corrected chi connectivity index (χ4v) is 3.41. The molecule has 2 aliphatic carbocycles. The largest absolute Gasteiger partial charge is 0.492 e. The van der Waals surface area contributed by atoms with Crippen LogP contribution in [0.25, 0.3) is 0 Å². The summed E-state index contributed by atoms with van der Waals surface area (Å²) in [6.07, 6.45) is 5.08. The van der Waals surface area contributed by atoms with Crippen molar-refractivity contribution >= 4 is 11.6 Å². The first-order valence-electron chi connectivity index (χ1n) is 7.52. The van der Waals surface area contributed by atoms with Crippen molar-refractivity contribution in [1.82, 2.24) is 5.32 Å². The highest BCUT2D eigenvalue weighted by atomic mass is 16.5. The molecule has 0 aromatic heterocycles. The van der Waals surface area contributed by atoms with Crippen LogP contribution in [0.1, 0.15) is 25.7 Å². The van der Waals surface area contributed by atoms with E-state index < -0.39 is 0 Å². The normalized spacial score (nSPS) is 27.5. The molecule has 1 amide bonds. The van der Waals surface area contributed by atoms with Gasteiger partial charge in [0.2, 0.25) is 5.91 Å². The van der Waals surface area contributed by atoms with E-state index in [1.165, 1.54) is 25.7 Å². The molecule has 3 N–H and O–H groups in total. The molecular weight excluding hydrogens is 252 g/mol. The van der Waals surface area contributed by atoms with Crippen molar-refractivity contribution in [2.24, 2.45) is 17.8 Å². The Morgan fingerprint density at radius 3 is 2.50 bits per heavy atom. The number of carbonyl (C=O) groups excluding carboxylic acids is 1. The third-order valence-corrected chi connectivity index (χ3v) is 4.51. The average molecular weight is 274 g/mol. The number of nitrogens with one attached hydrogen (secondary N) is 1. The summed E-state index contributed by atoms with van der Waals surface area (Å²) in [7, 11) is 0. The predicted octanol–water partition coefficient (Wildman–Crippen LogP) is 2.20. The summed E-state index contributed by atoms with van der Waals surface area (Å²) >= 11 is 0. The van der Waals surface area contributed by atoms with Crippen LogP contribution in [0.4, 0.5) is 5.69 Å². The number of ether oxygens (including phenoxy) is 1. The van der Waals surface area contributed by atoms with Crippen LogP contribution in [-0.4, -0.2) is 19.1 Å². The zero-order valence-electron chi connectivity index (χ0n) is 11.7. The quantitative estimate of drug-likeness (QED) is 0.639. The summed E-state index contributed by atoms with van der Waals surface area (Å²) in [4.78, 5) is 12.0. The zero-order chi connectivity index (χ0) is 13.9. The maximum absolute atomic E-state index is 12.0. The molecule has 3 rings (SSSR count). The van der Waals surface area contributed by atoms with E-state index in [1.54, 1.807) is 0 Å². The smallest absolute Gasteiger partial charge is 0.223 e. The predicted molar refractivity (Wildman–Crippen MR) is 78.3 cm³/mol. The lowest BCUT2D eigenvalue weighted by molar-refractivity contribution is -0.123. The van der Waals surface area contributed by atoms with Crippen molar-refractivity contribution in [1.29, 1.82) is 0 Å². The number of nitrogen functional groups attached to an aromatic ring is 1. The molecule has 2 fully saturated rings. The Bertz CT molecular complexity index is 460. The second kappa shape index (κ2) is 5.73. The van der Waals surface area contributed by atoms with E-state index in [0.717, 1.165) is 11.4 Å². The van der Waals surface area contributed by atoms with Gasteiger partial charge in [0.25, 0.3) is 0 Å². The van der Waals surface area contributed by atoms with Crippen LogP contribution in [0.5, 0.6) is 5.75 Å². The first-order chi connectivity index (χ1) is 9.75. The van der Waals surface area contributed by atoms with Crippen molar-refractivity contribution in [2.45, 2.75) is 25.7 Å². The number of carbonyl (C=O) groups is 1. The summed E-state index contributed by atoms with van der Waals surface area (Å²) in [6, 6.07) is 7.30. The van der Waals surface area contributed by atoms with Gasteiger partial charge in [0.15, 0.2) is 0 Å². The third kappa shape index (κ3) is 2.89. The Balaban J connectivity index is 1.36. The second-order valence-electron chi connectivity index (χ2n) is 5.85. The molecule has 0 heterocycles. The monoisotopic (exact) mass is 274 g/mol. The molecule has 2 atom stereocenters. The summed E-state index contributed by atoms with van der Waals surface area (Å²) < 4.78 is 5.56. The molecule has 4 heteroatoms. The maximum atomic E-state index is 12.0. The van der Waals surface area contributed by atoms with Crippen LogP contribution in [0.2, 0.25) is 0 Å². The van der Waals surface area contributed by atoms with Crippen LogP contribution in [0.3, 0.4) is 0 Å². The standard InChI is InChI=1S/C16H22N2O2/c17-11-5-7-12(8-6-11)20-10-9-18-16(19)15-13-3-1-2-4-14(13)15/h5-8,13-15H,1-4,9-10,17H2,(H,18,19). The molecule has 2 aliphatic rings. The molecule has 0 saturated heterocycles. The summed E-state index contributed by atoms with van der Waals surface area (Å²) in [6.45, 7) is 1.07. The molecule has 20 heavy (non-hydrogen) atoms. The first-order valence-corrected chi connectivity index (χ1v) is 7.52. The molecule has 0 spiro atoms. The molecule has 1 aromatic rings. The number of amides is 1. The van der Waals surface area contributed by atoms with Gasteiger partial charge in [-0.25, -0.2) is 0 Å². The minimum Gasteiger partial charge on any atom is -0.492 e. The van der Waals surface area contributed by atoms with Crippen molar-refractivity contribution in [3.05, 3.63) is 24.3 Å². The number of hydrogen-bond acceptors (Lipinski definition) is 3. The molecule has 4 nitrogen and oxygen atoms in total. The number of hydrogen-bond donors (Lipinski definition) is 2. The number of anilines is 1. The molecule has 1 aromatic carbocycles. The van der Waals surface area contributed by atoms with Gasteiger partial charge in [-0.1, -0.05) is 12.8 Å². The van der Waals surface area contributed by atoms with E-state index in [-0.39, 0.29) is 11.8 Å². The Morgan fingerprint density at radius 1 is 1.20 bits per heavy atom. The number of fused-ring (bicyclic) bond motifs is 1. The van der Waals surface area contributed by atoms with E-state index in [2.05, 4.69) is 5.32 Å². The van der Waals surface area contributed by atoms with Crippen LogP contribution in [0, 0.1) is 17.8 Å². The van der Waals surface area contributed by atoms with E-state index in [9.17, 15) is 4.79 Å². The minimum absolute atomic E-state index is 0.225. The Hall–Kier alpha value is -1.71. The number of nitrogens with two attached hydrogens (primary N) is 1. The Kier molecular flexibility index (Phi) is 3.81. The van der Waals surface area contributed by atoms with Gasteiger partial charge < -0.3 is 15.8 Å². The van der Waals surface area contributed by atoms with Crippen molar-refractivity contribution < 1.29 is 9.53 Å². The van der Waals surface area contributed by atoms with Gasteiger partial charge in [-0.2, -0.15) is 0 Å². The van der Waals surface area contributed by atoms with Gasteiger partial charge in [0.05, 0.1) is 6.54 Å². The minimum atomic E-state index is 0.225. The molecule has 2 unspecified atom stereocenters. The molecule has 0 bridgehead atoms. The van der Waals surface area contributed by atoms with Crippen molar-refractivity contribution in [3.8, 4) is 5.75 Å². The summed E-state index contributed by atoms with van der Waals surface area (Å²) in [5.74, 6) is 2.63. The lowest BCUT2D eigenvalue weighted by atomic mass is 10.0. The fraction of sp³-hybridized carbons (Fsp3) is 0.562. The van der Waals surface area contributed by atoms with E-state index in [0.29, 0.717) is 25.0 Å². The molecule has 2 saturated carbocycles. The van der Waals surface area contributed by atoms with Gasteiger partial charge in [-0.15, -0.1) is 0 Å². The molecule has 0 aliphatic heterocycles. The lowest BCUT2D eigenvalue weighted by Crippen LogP contribution is -2.30. The number of benzene rings is 1. The molecule has 108 valence electrons. The van der Waals surface area contributed by atoms with Crippen LogP contribution in [0.15, 0.2) is 24.3 Å². The van der Waals surface area contributed by atoms with Gasteiger partial charge in [-0.3, -0.25) is 4.79 Å². The number of rotatable bonds is 5. The van der Waals surface area contributed by atoms with E-state index in [1.807, 2.05) is 24.3 Å². The topological polar surface area (TPSA) is 64.3 Å². The highest BCUT2D eigenvalue weighted by Crippen LogP contribution is 2.55. The van der Waals surface area contributed by atoms with Gasteiger partial charge in [-0.05, 0) is 48.9 Å². The maximum Gasteiger partial charge on any atom is 0.223 e. The van der Waals surface area contributed by atoms with E-state index in [4.69, 9.17) is 10.5 Å². The zero-order valence-corrected chi connectivity index (χ0v) is 11.7. The van der Waals surface area contributed by atoms with Gasteiger partial charge >= 0.3 is 0 Å². The second-order valence-corrected chi connectivity index (χ2v) is 5.85. The summed E-state index contributed by atoms with van der Waals surface area (Å²) in [5.41, 5.74) is 6.33. The Labute approximate surface area is 119 Å². The average Bonchev–Trinajstić information content (AvgIpc) is 3.19. The van der Waals surface area contributed by atoms with E-state index >= 15 is 0 Å². The molecular formula is C16H22N2O2. The van der Waals surface area contributed by atoms with Gasteiger partial charge in [0, 0.05) is 11.6 Å². The van der Waals surface area contributed by atoms with Gasteiger partial charge in [0.1, 0.15) is 12.4 Å².